The van der Waals surface area contributed by atoms with Crippen LogP contribution in [0.2, 0.25) is 0 Å². The molecule has 1 N–H and O–H groups in total. The van der Waals surface area contributed by atoms with Crippen molar-refractivity contribution in [3.05, 3.63) is 30.6 Å². The molecule has 2 aromatic rings. The third-order valence-electron chi connectivity index (χ3n) is 3.05. The standard InChI is InChI=1S/C12H16N6/c1-2-14-10-7-13-8-11(16-10)18-6-5-17-4-3-15-12(17)9-18/h3-4,7-8H,2,5-6,9H2,1H3,(H,14,16). The minimum atomic E-state index is 0.789. The molecule has 18 heavy (non-hydrogen) atoms. The first-order chi connectivity index (χ1) is 8.86. The summed E-state index contributed by atoms with van der Waals surface area (Å²) in [4.78, 5) is 15.3. The monoisotopic (exact) mass is 244 g/mol. The number of anilines is 2. The summed E-state index contributed by atoms with van der Waals surface area (Å²) in [6.07, 6.45) is 7.42. The summed E-state index contributed by atoms with van der Waals surface area (Å²) in [6.45, 7) is 5.57. The fourth-order valence-electron chi connectivity index (χ4n) is 2.14. The first kappa shape index (κ1) is 11.0. The topological polar surface area (TPSA) is 58.9 Å². The van der Waals surface area contributed by atoms with E-state index in [0.29, 0.717) is 0 Å². The second kappa shape index (κ2) is 4.64. The predicted molar refractivity (Wildman–Crippen MR) is 69.5 cm³/mol. The molecule has 3 heterocycles. The lowest BCUT2D eigenvalue weighted by atomic mass is 10.3. The van der Waals surface area contributed by atoms with Crippen molar-refractivity contribution >= 4 is 11.6 Å². The maximum Gasteiger partial charge on any atom is 0.150 e. The summed E-state index contributed by atoms with van der Waals surface area (Å²) >= 11 is 0. The molecular formula is C12H16N6. The van der Waals surface area contributed by atoms with Gasteiger partial charge in [-0.2, -0.15) is 0 Å². The van der Waals surface area contributed by atoms with Gasteiger partial charge in [0.15, 0.2) is 0 Å². The van der Waals surface area contributed by atoms with Crippen molar-refractivity contribution in [2.75, 3.05) is 23.3 Å². The molecule has 0 aromatic carbocycles. The van der Waals surface area contributed by atoms with Gasteiger partial charge in [-0.15, -0.1) is 0 Å². The van der Waals surface area contributed by atoms with Crippen molar-refractivity contribution in [3.8, 4) is 0 Å². The van der Waals surface area contributed by atoms with Crippen molar-refractivity contribution in [1.82, 2.24) is 19.5 Å². The Morgan fingerprint density at radius 2 is 2.28 bits per heavy atom. The maximum atomic E-state index is 4.56. The molecule has 0 aliphatic carbocycles. The molecule has 0 amide bonds. The van der Waals surface area contributed by atoms with E-state index in [2.05, 4.69) is 29.7 Å². The van der Waals surface area contributed by atoms with Crippen LogP contribution in [0.15, 0.2) is 24.8 Å². The third kappa shape index (κ3) is 2.01. The van der Waals surface area contributed by atoms with Gasteiger partial charge >= 0.3 is 0 Å². The van der Waals surface area contributed by atoms with Crippen molar-refractivity contribution in [1.29, 1.82) is 0 Å². The molecule has 0 bridgehead atoms. The highest BCUT2D eigenvalue weighted by Gasteiger charge is 2.18. The second-order valence-corrected chi connectivity index (χ2v) is 4.25. The number of nitrogens with zero attached hydrogens (tertiary/aromatic N) is 5. The molecule has 0 saturated carbocycles. The van der Waals surface area contributed by atoms with E-state index < -0.39 is 0 Å². The van der Waals surface area contributed by atoms with E-state index in [1.165, 1.54) is 0 Å². The van der Waals surface area contributed by atoms with Crippen LogP contribution in [-0.2, 0) is 13.1 Å². The van der Waals surface area contributed by atoms with Crippen LogP contribution in [0, 0.1) is 0 Å². The Hall–Kier alpha value is -2.11. The Balaban J connectivity index is 1.81. The molecule has 0 saturated heterocycles. The Bertz CT molecular complexity index is 535. The normalized spacial score (nSPS) is 14.4. The van der Waals surface area contributed by atoms with Crippen LogP contribution in [0.3, 0.4) is 0 Å². The molecule has 6 heteroatoms. The molecule has 1 aliphatic heterocycles. The summed E-state index contributed by atoms with van der Waals surface area (Å²) in [5, 5.41) is 3.18. The van der Waals surface area contributed by atoms with Gasteiger partial charge in [0.1, 0.15) is 17.5 Å². The molecule has 6 nitrogen and oxygen atoms in total. The zero-order valence-corrected chi connectivity index (χ0v) is 10.4. The van der Waals surface area contributed by atoms with Gasteiger partial charge in [-0.25, -0.2) is 9.97 Å². The molecule has 0 radical (unpaired) electrons. The number of hydrogen-bond acceptors (Lipinski definition) is 5. The smallest absolute Gasteiger partial charge is 0.150 e. The van der Waals surface area contributed by atoms with Crippen LogP contribution in [-0.4, -0.2) is 32.6 Å². The first-order valence-electron chi connectivity index (χ1n) is 6.17. The lowest BCUT2D eigenvalue weighted by Crippen LogP contribution is -2.34. The van der Waals surface area contributed by atoms with E-state index in [1.54, 1.807) is 12.4 Å². The molecule has 1 aliphatic rings. The largest absolute Gasteiger partial charge is 0.369 e. The predicted octanol–water partition coefficient (Wildman–Crippen LogP) is 1.13. The minimum Gasteiger partial charge on any atom is -0.369 e. The van der Waals surface area contributed by atoms with Crippen LogP contribution in [0.4, 0.5) is 11.6 Å². The highest BCUT2D eigenvalue weighted by molar-refractivity contribution is 5.44. The van der Waals surface area contributed by atoms with Gasteiger partial charge in [0.05, 0.1) is 18.9 Å². The number of rotatable bonds is 3. The average molecular weight is 244 g/mol. The molecule has 0 fully saturated rings. The van der Waals surface area contributed by atoms with Gasteiger partial charge in [0.2, 0.25) is 0 Å². The molecule has 0 spiro atoms. The van der Waals surface area contributed by atoms with Crippen LogP contribution < -0.4 is 10.2 Å². The molecule has 0 atom stereocenters. The Kier molecular flexibility index (Phi) is 2.84. The Morgan fingerprint density at radius 3 is 3.17 bits per heavy atom. The average Bonchev–Trinajstić information content (AvgIpc) is 2.86. The molecule has 94 valence electrons. The molecule has 3 rings (SSSR count). The number of imidazole rings is 1. The van der Waals surface area contributed by atoms with Crippen LogP contribution in [0.5, 0.6) is 0 Å². The zero-order valence-electron chi connectivity index (χ0n) is 10.4. The van der Waals surface area contributed by atoms with E-state index in [0.717, 1.165) is 43.6 Å². The van der Waals surface area contributed by atoms with Gasteiger partial charge in [-0.05, 0) is 6.92 Å². The summed E-state index contributed by atoms with van der Waals surface area (Å²) in [5.41, 5.74) is 0. The van der Waals surface area contributed by atoms with Crippen molar-refractivity contribution in [3.63, 3.8) is 0 Å². The minimum absolute atomic E-state index is 0.789. The van der Waals surface area contributed by atoms with E-state index in [1.807, 2.05) is 19.3 Å². The highest BCUT2D eigenvalue weighted by Crippen LogP contribution is 2.18. The second-order valence-electron chi connectivity index (χ2n) is 4.25. The summed E-state index contributed by atoms with van der Waals surface area (Å²) < 4.78 is 2.18. The Labute approximate surface area is 106 Å². The SMILES string of the molecule is CCNc1cncc(N2CCn3ccnc3C2)n1. The number of nitrogens with one attached hydrogen (secondary N) is 1. The first-order valence-corrected chi connectivity index (χ1v) is 6.17. The lowest BCUT2D eigenvalue weighted by molar-refractivity contribution is 0.555. The summed E-state index contributed by atoms with van der Waals surface area (Å²) in [6, 6.07) is 0. The van der Waals surface area contributed by atoms with Crippen molar-refractivity contribution in [2.24, 2.45) is 0 Å². The van der Waals surface area contributed by atoms with Gasteiger partial charge in [-0.1, -0.05) is 0 Å². The zero-order chi connectivity index (χ0) is 12.4. The van der Waals surface area contributed by atoms with Gasteiger partial charge in [0.25, 0.3) is 0 Å². The van der Waals surface area contributed by atoms with Crippen LogP contribution in [0.1, 0.15) is 12.7 Å². The number of aromatic nitrogens is 4. The number of hydrogen-bond donors (Lipinski definition) is 1. The van der Waals surface area contributed by atoms with Crippen LogP contribution in [0.25, 0.3) is 0 Å². The van der Waals surface area contributed by atoms with Crippen LogP contribution >= 0.6 is 0 Å². The summed E-state index contributed by atoms with van der Waals surface area (Å²) in [7, 11) is 0. The molecular weight excluding hydrogens is 228 g/mol. The quantitative estimate of drug-likeness (QED) is 0.877. The van der Waals surface area contributed by atoms with Gasteiger partial charge < -0.3 is 14.8 Å². The van der Waals surface area contributed by atoms with E-state index in [9.17, 15) is 0 Å². The summed E-state index contributed by atoms with van der Waals surface area (Å²) in [5.74, 6) is 2.81. The highest BCUT2D eigenvalue weighted by atomic mass is 15.3. The van der Waals surface area contributed by atoms with E-state index >= 15 is 0 Å². The van der Waals surface area contributed by atoms with Gasteiger partial charge in [-0.3, -0.25) is 4.98 Å². The fraction of sp³-hybridized carbons (Fsp3) is 0.417. The fourth-order valence-corrected chi connectivity index (χ4v) is 2.14. The van der Waals surface area contributed by atoms with Crippen molar-refractivity contribution < 1.29 is 0 Å². The van der Waals surface area contributed by atoms with Crippen molar-refractivity contribution in [2.45, 2.75) is 20.0 Å². The third-order valence-corrected chi connectivity index (χ3v) is 3.05. The molecule has 0 unspecified atom stereocenters. The molecule has 2 aromatic heterocycles. The van der Waals surface area contributed by atoms with E-state index in [-0.39, 0.29) is 0 Å². The van der Waals surface area contributed by atoms with Gasteiger partial charge in [0, 0.05) is 32.0 Å². The lowest BCUT2D eigenvalue weighted by Gasteiger charge is -2.28. The number of fused-ring (bicyclic) bond motifs is 1. The Morgan fingerprint density at radius 1 is 1.33 bits per heavy atom. The maximum absolute atomic E-state index is 4.56. The van der Waals surface area contributed by atoms with E-state index in [4.69, 9.17) is 0 Å².